The molecule has 0 aliphatic carbocycles. The molecule has 0 spiro atoms. The van der Waals surface area contributed by atoms with Gasteiger partial charge in [-0.25, -0.2) is 8.42 Å². The lowest BCUT2D eigenvalue weighted by molar-refractivity contribution is -0.140. The molecule has 3 rings (SSSR count). The number of nitrogens with zero attached hydrogens (tertiary/aromatic N) is 2. The average Bonchev–Trinajstić information content (AvgIpc) is 3.00. The summed E-state index contributed by atoms with van der Waals surface area (Å²) in [6.45, 7) is 3.51. The van der Waals surface area contributed by atoms with Crippen LogP contribution in [0.2, 0.25) is 0 Å². The van der Waals surface area contributed by atoms with E-state index < -0.39 is 28.5 Å². The highest BCUT2D eigenvalue weighted by Crippen LogP contribution is 2.33. The Hall–Kier alpha value is -4.25. The van der Waals surface area contributed by atoms with Gasteiger partial charge in [0.1, 0.15) is 29.8 Å². The topological polar surface area (TPSA) is 114 Å². The molecule has 10 nitrogen and oxygen atoms in total. The fourth-order valence-electron chi connectivity index (χ4n) is 4.36. The number of benzene rings is 3. The second-order valence-electron chi connectivity index (χ2n) is 9.05. The number of carbonyl (C=O) groups excluding carboxylic acids is 2. The molecule has 0 radical (unpaired) electrons. The van der Waals surface area contributed by atoms with E-state index in [0.29, 0.717) is 24.5 Å². The molecule has 0 aromatic heterocycles. The Balaban J connectivity index is 2.09. The second-order valence-corrected chi connectivity index (χ2v) is 10.9. The molecule has 3 aromatic rings. The molecular weight excluding hydrogens is 546 g/mol. The third-order valence-corrected chi connectivity index (χ3v) is 8.30. The molecule has 0 aliphatic heterocycles. The van der Waals surface area contributed by atoms with Crippen molar-refractivity contribution in [1.82, 2.24) is 10.2 Å². The first-order valence-electron chi connectivity index (χ1n) is 13.2. The number of hydrogen-bond donors (Lipinski definition) is 1. The number of hydrogen-bond acceptors (Lipinski definition) is 7. The van der Waals surface area contributed by atoms with Crippen molar-refractivity contribution in [1.29, 1.82) is 0 Å². The first-order chi connectivity index (χ1) is 19.7. The van der Waals surface area contributed by atoms with Crippen molar-refractivity contribution in [2.45, 2.75) is 37.8 Å². The van der Waals surface area contributed by atoms with E-state index in [1.54, 1.807) is 69.5 Å². The van der Waals surface area contributed by atoms with Gasteiger partial charge >= 0.3 is 0 Å². The van der Waals surface area contributed by atoms with Crippen LogP contribution in [0.4, 0.5) is 5.69 Å². The van der Waals surface area contributed by atoms with Gasteiger partial charge in [-0.15, -0.1) is 0 Å². The summed E-state index contributed by atoms with van der Waals surface area (Å²) in [4.78, 5) is 28.5. The van der Waals surface area contributed by atoms with E-state index in [9.17, 15) is 18.0 Å². The fourth-order valence-corrected chi connectivity index (χ4v) is 5.79. The fraction of sp³-hybridized carbons (Fsp3) is 0.333. The van der Waals surface area contributed by atoms with Gasteiger partial charge in [0, 0.05) is 13.1 Å². The van der Waals surface area contributed by atoms with Gasteiger partial charge in [0.2, 0.25) is 11.8 Å². The monoisotopic (exact) mass is 583 g/mol. The molecule has 1 atom stereocenters. The van der Waals surface area contributed by atoms with Crippen molar-refractivity contribution in [3.05, 3.63) is 78.4 Å². The zero-order valence-corrected chi connectivity index (χ0v) is 24.8. The van der Waals surface area contributed by atoms with E-state index in [1.807, 2.05) is 0 Å². The summed E-state index contributed by atoms with van der Waals surface area (Å²) in [7, 11) is 0.220. The van der Waals surface area contributed by atoms with Crippen molar-refractivity contribution in [3.8, 4) is 17.2 Å². The van der Waals surface area contributed by atoms with Crippen LogP contribution in [-0.2, 0) is 26.2 Å². The number of amides is 2. The summed E-state index contributed by atoms with van der Waals surface area (Å²) >= 11 is 0. The predicted molar refractivity (Wildman–Crippen MR) is 157 cm³/mol. The summed E-state index contributed by atoms with van der Waals surface area (Å²) in [5.41, 5.74) is 0.943. The minimum absolute atomic E-state index is 0.0329. The van der Waals surface area contributed by atoms with E-state index in [2.05, 4.69) is 5.32 Å². The lowest BCUT2D eigenvalue weighted by Gasteiger charge is -2.33. The van der Waals surface area contributed by atoms with Gasteiger partial charge in [0.05, 0.1) is 31.9 Å². The van der Waals surface area contributed by atoms with Crippen molar-refractivity contribution in [3.63, 3.8) is 0 Å². The van der Waals surface area contributed by atoms with Gasteiger partial charge in [0.25, 0.3) is 10.0 Å². The maximum atomic E-state index is 14.1. The number of para-hydroxylation sites is 2. The van der Waals surface area contributed by atoms with Crippen LogP contribution < -0.4 is 23.8 Å². The molecule has 2 amide bonds. The number of ether oxygens (including phenoxy) is 3. The van der Waals surface area contributed by atoms with Crippen LogP contribution in [0.5, 0.6) is 17.2 Å². The summed E-state index contributed by atoms with van der Waals surface area (Å²) in [6, 6.07) is 18.8. The standard InChI is InChI=1S/C30H37N3O7S/c1-6-26(30(35)31-7-2)32(20-22-12-14-23(38-3)15-13-22)29(34)21-33(27-10-8-9-11-28(27)40-5)41(36,37)25-18-16-24(39-4)17-19-25/h8-19,26H,6-7,20-21H2,1-5H3,(H,31,35). The molecule has 41 heavy (non-hydrogen) atoms. The summed E-state index contributed by atoms with van der Waals surface area (Å²) in [6.07, 6.45) is 0.327. The number of likely N-dealkylation sites (N-methyl/N-ethyl adjacent to an activating group) is 1. The Morgan fingerprint density at radius 1 is 0.829 bits per heavy atom. The van der Waals surface area contributed by atoms with Gasteiger partial charge < -0.3 is 24.4 Å². The molecule has 0 saturated carbocycles. The minimum Gasteiger partial charge on any atom is -0.497 e. The van der Waals surface area contributed by atoms with Crippen LogP contribution in [0.1, 0.15) is 25.8 Å². The molecule has 0 aliphatic rings. The normalized spacial score (nSPS) is 11.7. The molecule has 1 N–H and O–H groups in total. The Morgan fingerprint density at radius 3 is 1.95 bits per heavy atom. The van der Waals surface area contributed by atoms with Crippen LogP contribution in [-0.4, -0.2) is 65.6 Å². The zero-order valence-electron chi connectivity index (χ0n) is 24.0. The first-order valence-corrected chi connectivity index (χ1v) is 14.6. The van der Waals surface area contributed by atoms with Gasteiger partial charge in [-0.2, -0.15) is 0 Å². The minimum atomic E-state index is -4.25. The molecular formula is C30H37N3O7S. The maximum absolute atomic E-state index is 14.1. The Morgan fingerprint density at radius 2 is 1.41 bits per heavy atom. The van der Waals surface area contributed by atoms with E-state index >= 15 is 0 Å². The molecule has 1 unspecified atom stereocenters. The quantitative estimate of drug-likeness (QED) is 0.307. The second kappa shape index (κ2) is 14.4. The lowest BCUT2D eigenvalue weighted by atomic mass is 10.1. The Kier molecular flexibility index (Phi) is 11.0. The largest absolute Gasteiger partial charge is 0.497 e. The van der Waals surface area contributed by atoms with Crippen LogP contribution in [0.3, 0.4) is 0 Å². The highest BCUT2D eigenvalue weighted by atomic mass is 32.2. The van der Waals surface area contributed by atoms with Gasteiger partial charge in [-0.05, 0) is 67.4 Å². The number of sulfonamides is 1. The van der Waals surface area contributed by atoms with E-state index in [0.717, 1.165) is 9.87 Å². The third-order valence-electron chi connectivity index (χ3n) is 6.53. The van der Waals surface area contributed by atoms with E-state index in [4.69, 9.17) is 14.2 Å². The smallest absolute Gasteiger partial charge is 0.264 e. The third kappa shape index (κ3) is 7.49. The molecule has 0 saturated heterocycles. The Labute approximate surface area is 241 Å². The van der Waals surface area contributed by atoms with Crippen molar-refractivity contribution in [2.24, 2.45) is 0 Å². The molecule has 0 fully saturated rings. The van der Waals surface area contributed by atoms with Crippen LogP contribution in [0.25, 0.3) is 0 Å². The maximum Gasteiger partial charge on any atom is 0.264 e. The first kappa shape index (κ1) is 31.3. The predicted octanol–water partition coefficient (Wildman–Crippen LogP) is 3.85. The van der Waals surface area contributed by atoms with Crippen molar-refractivity contribution in [2.75, 3.05) is 38.7 Å². The van der Waals surface area contributed by atoms with E-state index in [-0.39, 0.29) is 28.8 Å². The Bertz CT molecular complexity index is 1410. The van der Waals surface area contributed by atoms with Crippen molar-refractivity contribution < 1.29 is 32.2 Å². The summed E-state index contributed by atoms with van der Waals surface area (Å²) < 4.78 is 45.0. The summed E-state index contributed by atoms with van der Waals surface area (Å²) in [5.74, 6) is 0.535. The number of methoxy groups -OCH3 is 3. The molecule has 220 valence electrons. The zero-order chi connectivity index (χ0) is 30.0. The highest BCUT2D eigenvalue weighted by Gasteiger charge is 2.34. The average molecular weight is 584 g/mol. The SMILES string of the molecule is CCNC(=O)C(CC)N(Cc1ccc(OC)cc1)C(=O)CN(c1ccccc1OC)S(=O)(=O)c1ccc(OC)cc1. The molecule has 3 aromatic carbocycles. The van der Waals surface area contributed by atoms with Crippen LogP contribution >= 0.6 is 0 Å². The number of carbonyl (C=O) groups is 2. The highest BCUT2D eigenvalue weighted by molar-refractivity contribution is 7.92. The molecule has 0 bridgehead atoms. The number of nitrogens with one attached hydrogen (secondary N) is 1. The van der Waals surface area contributed by atoms with Crippen LogP contribution in [0, 0.1) is 0 Å². The summed E-state index contributed by atoms with van der Waals surface area (Å²) in [5, 5.41) is 2.79. The molecule has 0 heterocycles. The van der Waals surface area contributed by atoms with E-state index in [1.165, 1.54) is 43.4 Å². The molecule has 11 heteroatoms. The lowest BCUT2D eigenvalue weighted by Crippen LogP contribution is -2.52. The van der Waals surface area contributed by atoms with Crippen molar-refractivity contribution >= 4 is 27.5 Å². The number of rotatable bonds is 14. The van der Waals surface area contributed by atoms with Gasteiger partial charge in [-0.3, -0.25) is 13.9 Å². The number of anilines is 1. The van der Waals surface area contributed by atoms with Crippen LogP contribution in [0.15, 0.2) is 77.7 Å². The van der Waals surface area contributed by atoms with Gasteiger partial charge in [-0.1, -0.05) is 31.2 Å². The van der Waals surface area contributed by atoms with Gasteiger partial charge in [0.15, 0.2) is 0 Å².